The van der Waals surface area contributed by atoms with Gasteiger partial charge in [-0.3, -0.25) is 4.79 Å². The molecule has 70 valence electrons. The standard InChI is InChI=1S/C10H19NO/c1-7(2)9-4-5-11-10(6-9)8(3)12/h7,9-11H,4-6H2,1-3H3. The van der Waals surface area contributed by atoms with Crippen LogP contribution in [-0.4, -0.2) is 18.4 Å². The van der Waals surface area contributed by atoms with Gasteiger partial charge in [-0.05, 0) is 38.1 Å². The Labute approximate surface area is 74.7 Å². The predicted molar refractivity (Wildman–Crippen MR) is 50.0 cm³/mol. The number of Topliss-reactive ketones (excluding diaryl/α,β-unsaturated/α-hetero) is 1. The largest absolute Gasteiger partial charge is 0.307 e. The molecule has 1 fully saturated rings. The summed E-state index contributed by atoms with van der Waals surface area (Å²) >= 11 is 0. The molecule has 2 unspecified atom stereocenters. The van der Waals surface area contributed by atoms with Gasteiger partial charge in [-0.15, -0.1) is 0 Å². The van der Waals surface area contributed by atoms with Gasteiger partial charge in [0.15, 0.2) is 0 Å². The summed E-state index contributed by atoms with van der Waals surface area (Å²) in [4.78, 5) is 11.1. The first-order valence-corrected chi connectivity index (χ1v) is 4.85. The summed E-state index contributed by atoms with van der Waals surface area (Å²) < 4.78 is 0. The predicted octanol–water partition coefficient (Wildman–Crippen LogP) is 1.60. The first-order valence-electron chi connectivity index (χ1n) is 4.85. The molecule has 0 aromatic heterocycles. The van der Waals surface area contributed by atoms with E-state index in [0.29, 0.717) is 11.7 Å². The molecule has 1 aliphatic heterocycles. The molecule has 12 heavy (non-hydrogen) atoms. The number of rotatable bonds is 2. The van der Waals surface area contributed by atoms with E-state index in [1.165, 1.54) is 6.42 Å². The van der Waals surface area contributed by atoms with Crippen molar-refractivity contribution >= 4 is 5.78 Å². The zero-order valence-electron chi connectivity index (χ0n) is 8.26. The summed E-state index contributed by atoms with van der Waals surface area (Å²) in [5.74, 6) is 1.74. The maximum Gasteiger partial charge on any atom is 0.146 e. The lowest BCUT2D eigenvalue weighted by atomic mass is 9.83. The van der Waals surface area contributed by atoms with Crippen LogP contribution >= 0.6 is 0 Å². The third-order valence-corrected chi connectivity index (χ3v) is 2.88. The molecule has 0 spiro atoms. The molecule has 1 aliphatic rings. The molecule has 1 saturated heterocycles. The Hall–Kier alpha value is -0.370. The third kappa shape index (κ3) is 2.31. The van der Waals surface area contributed by atoms with Gasteiger partial charge in [0.25, 0.3) is 0 Å². The van der Waals surface area contributed by atoms with Crippen molar-refractivity contribution in [3.63, 3.8) is 0 Å². The first-order chi connectivity index (χ1) is 5.61. The molecular formula is C10H19NO. The molecule has 2 nitrogen and oxygen atoms in total. The second-order valence-electron chi connectivity index (χ2n) is 4.15. The molecule has 0 amide bonds. The van der Waals surface area contributed by atoms with Crippen LogP contribution in [0.3, 0.4) is 0 Å². The number of carbonyl (C=O) groups excluding carboxylic acids is 1. The molecular weight excluding hydrogens is 150 g/mol. The van der Waals surface area contributed by atoms with E-state index in [9.17, 15) is 4.79 Å². The Morgan fingerprint density at radius 2 is 2.17 bits per heavy atom. The average Bonchev–Trinajstić information content (AvgIpc) is 2.04. The molecule has 2 atom stereocenters. The van der Waals surface area contributed by atoms with Crippen molar-refractivity contribution in [3.05, 3.63) is 0 Å². The Balaban J connectivity index is 2.46. The molecule has 0 aliphatic carbocycles. The molecule has 0 saturated carbocycles. The summed E-state index contributed by atoms with van der Waals surface area (Å²) in [5.41, 5.74) is 0. The first kappa shape index (κ1) is 9.72. The van der Waals surface area contributed by atoms with Crippen LogP contribution in [0, 0.1) is 11.8 Å². The van der Waals surface area contributed by atoms with E-state index < -0.39 is 0 Å². The number of nitrogens with one attached hydrogen (secondary N) is 1. The normalized spacial score (nSPS) is 30.7. The van der Waals surface area contributed by atoms with Crippen molar-refractivity contribution in [2.24, 2.45) is 11.8 Å². The summed E-state index contributed by atoms with van der Waals surface area (Å²) in [6.45, 7) is 7.17. The number of carbonyl (C=O) groups is 1. The van der Waals surface area contributed by atoms with E-state index in [4.69, 9.17) is 0 Å². The van der Waals surface area contributed by atoms with Crippen LogP contribution in [0.4, 0.5) is 0 Å². The minimum absolute atomic E-state index is 0.131. The Morgan fingerprint density at radius 1 is 1.50 bits per heavy atom. The van der Waals surface area contributed by atoms with E-state index in [0.717, 1.165) is 18.9 Å². The van der Waals surface area contributed by atoms with Gasteiger partial charge in [-0.25, -0.2) is 0 Å². The van der Waals surface area contributed by atoms with Crippen molar-refractivity contribution in [3.8, 4) is 0 Å². The summed E-state index contributed by atoms with van der Waals surface area (Å²) in [5, 5.41) is 3.25. The highest BCUT2D eigenvalue weighted by atomic mass is 16.1. The molecule has 2 heteroatoms. The Morgan fingerprint density at radius 3 is 2.67 bits per heavy atom. The average molecular weight is 169 g/mol. The van der Waals surface area contributed by atoms with Gasteiger partial charge in [-0.2, -0.15) is 0 Å². The van der Waals surface area contributed by atoms with Crippen LogP contribution in [-0.2, 0) is 4.79 Å². The SMILES string of the molecule is CC(=O)C1CC(C(C)C)CCN1. The summed E-state index contributed by atoms with van der Waals surface area (Å²) in [7, 11) is 0. The second kappa shape index (κ2) is 4.04. The lowest BCUT2D eigenvalue weighted by Crippen LogP contribution is -2.43. The van der Waals surface area contributed by atoms with Gasteiger partial charge in [0.2, 0.25) is 0 Å². The van der Waals surface area contributed by atoms with Crippen LogP contribution in [0.25, 0.3) is 0 Å². The van der Waals surface area contributed by atoms with Crippen LogP contribution < -0.4 is 5.32 Å². The lowest BCUT2D eigenvalue weighted by molar-refractivity contribution is -0.120. The van der Waals surface area contributed by atoms with Crippen molar-refractivity contribution in [1.82, 2.24) is 5.32 Å². The Kier molecular flexibility index (Phi) is 3.27. The van der Waals surface area contributed by atoms with Crippen LogP contribution in [0.15, 0.2) is 0 Å². The second-order valence-corrected chi connectivity index (χ2v) is 4.15. The molecule has 1 heterocycles. The summed E-state index contributed by atoms with van der Waals surface area (Å²) in [6.07, 6.45) is 2.26. The van der Waals surface area contributed by atoms with Crippen molar-refractivity contribution in [2.45, 2.75) is 39.7 Å². The van der Waals surface area contributed by atoms with Crippen LogP contribution in [0.5, 0.6) is 0 Å². The molecule has 0 bridgehead atoms. The van der Waals surface area contributed by atoms with Gasteiger partial charge >= 0.3 is 0 Å². The monoisotopic (exact) mass is 169 g/mol. The fourth-order valence-electron chi connectivity index (χ4n) is 1.86. The maximum absolute atomic E-state index is 11.1. The zero-order valence-corrected chi connectivity index (χ0v) is 8.26. The van der Waals surface area contributed by atoms with Gasteiger partial charge in [-0.1, -0.05) is 13.8 Å². The van der Waals surface area contributed by atoms with Gasteiger partial charge in [0.05, 0.1) is 6.04 Å². The van der Waals surface area contributed by atoms with Crippen LogP contribution in [0.1, 0.15) is 33.6 Å². The maximum atomic E-state index is 11.1. The quantitative estimate of drug-likeness (QED) is 0.680. The van der Waals surface area contributed by atoms with Gasteiger partial charge < -0.3 is 5.32 Å². The van der Waals surface area contributed by atoms with E-state index in [2.05, 4.69) is 19.2 Å². The highest BCUT2D eigenvalue weighted by Gasteiger charge is 2.25. The van der Waals surface area contributed by atoms with Crippen molar-refractivity contribution in [1.29, 1.82) is 0 Å². The highest BCUT2D eigenvalue weighted by molar-refractivity contribution is 5.81. The Bertz CT molecular complexity index is 165. The van der Waals surface area contributed by atoms with Gasteiger partial charge in [0.1, 0.15) is 5.78 Å². The topological polar surface area (TPSA) is 29.1 Å². The molecule has 1 rings (SSSR count). The molecule has 0 radical (unpaired) electrons. The number of hydrogen-bond donors (Lipinski definition) is 1. The molecule has 0 aromatic carbocycles. The minimum Gasteiger partial charge on any atom is -0.307 e. The van der Waals surface area contributed by atoms with E-state index >= 15 is 0 Å². The van der Waals surface area contributed by atoms with E-state index in [-0.39, 0.29) is 6.04 Å². The van der Waals surface area contributed by atoms with Crippen molar-refractivity contribution in [2.75, 3.05) is 6.54 Å². The zero-order chi connectivity index (χ0) is 9.14. The minimum atomic E-state index is 0.131. The lowest BCUT2D eigenvalue weighted by Gasteiger charge is -2.31. The fourth-order valence-corrected chi connectivity index (χ4v) is 1.86. The van der Waals surface area contributed by atoms with Gasteiger partial charge in [0, 0.05) is 0 Å². The van der Waals surface area contributed by atoms with E-state index in [1.807, 2.05) is 0 Å². The molecule has 1 N–H and O–H groups in total. The molecule has 0 aromatic rings. The number of ketones is 1. The number of hydrogen-bond acceptors (Lipinski definition) is 2. The smallest absolute Gasteiger partial charge is 0.146 e. The van der Waals surface area contributed by atoms with E-state index in [1.54, 1.807) is 6.92 Å². The summed E-state index contributed by atoms with van der Waals surface area (Å²) in [6, 6.07) is 0.131. The fraction of sp³-hybridized carbons (Fsp3) is 0.900. The third-order valence-electron chi connectivity index (χ3n) is 2.88. The number of piperidine rings is 1. The highest BCUT2D eigenvalue weighted by Crippen LogP contribution is 2.24. The van der Waals surface area contributed by atoms with Crippen LogP contribution in [0.2, 0.25) is 0 Å². The van der Waals surface area contributed by atoms with Crippen molar-refractivity contribution < 1.29 is 4.79 Å².